The molecule has 1 heterocycles. The fourth-order valence-electron chi connectivity index (χ4n) is 1.22. The van der Waals surface area contributed by atoms with Crippen molar-refractivity contribution >= 4 is 28.6 Å². The van der Waals surface area contributed by atoms with E-state index < -0.39 is 0 Å². The Kier molecular flexibility index (Phi) is 4.58. The molecule has 0 fully saturated rings. The Bertz CT molecular complexity index is 393. The Morgan fingerprint density at radius 3 is 2.50 bits per heavy atom. The molecule has 1 atom stereocenters. The summed E-state index contributed by atoms with van der Waals surface area (Å²) in [5.74, 6) is 0.448. The summed E-state index contributed by atoms with van der Waals surface area (Å²) >= 11 is 2.08. The van der Waals surface area contributed by atoms with Crippen LogP contribution in [0.3, 0.4) is 0 Å². The van der Waals surface area contributed by atoms with E-state index in [4.69, 9.17) is 9.15 Å². The van der Waals surface area contributed by atoms with E-state index in [0.29, 0.717) is 11.3 Å². The third-order valence-corrected chi connectivity index (χ3v) is 2.64. The van der Waals surface area contributed by atoms with Crippen LogP contribution in [0.4, 0.5) is 0 Å². The van der Waals surface area contributed by atoms with E-state index in [9.17, 15) is 4.79 Å². The highest BCUT2D eigenvalue weighted by molar-refractivity contribution is 14.1. The number of ether oxygens (including phenoxy) is 1. The second-order valence-corrected chi connectivity index (χ2v) is 5.06. The van der Waals surface area contributed by atoms with Gasteiger partial charge in [-0.2, -0.15) is 0 Å². The summed E-state index contributed by atoms with van der Waals surface area (Å²) in [4.78, 5) is 11.5. The van der Waals surface area contributed by atoms with E-state index in [-0.39, 0.29) is 18.0 Å². The summed E-state index contributed by atoms with van der Waals surface area (Å²) < 4.78 is 11.6. The number of carbonyl (C=O) groups is 1. The SMILES string of the molecule is C=C(C)C(=O)OC(c1ccc(I)o1)C(C)C. The van der Waals surface area contributed by atoms with Crippen LogP contribution < -0.4 is 0 Å². The standard InChI is InChI=1S/C12H15IO3/c1-7(2)11(16-12(14)8(3)4)9-5-6-10(13)15-9/h5-7,11H,3H2,1-2,4H3. The molecule has 0 saturated carbocycles. The molecular weight excluding hydrogens is 319 g/mol. The lowest BCUT2D eigenvalue weighted by molar-refractivity contribution is -0.148. The Morgan fingerprint density at radius 2 is 2.12 bits per heavy atom. The molecule has 0 radical (unpaired) electrons. The smallest absolute Gasteiger partial charge is 0.333 e. The Balaban J connectivity index is 2.84. The molecule has 1 unspecified atom stereocenters. The Morgan fingerprint density at radius 1 is 1.50 bits per heavy atom. The molecular formula is C12H15IO3. The number of hydrogen-bond acceptors (Lipinski definition) is 3. The van der Waals surface area contributed by atoms with E-state index in [1.54, 1.807) is 6.92 Å². The maximum Gasteiger partial charge on any atom is 0.333 e. The summed E-state index contributed by atoms with van der Waals surface area (Å²) in [7, 11) is 0. The molecule has 0 spiro atoms. The van der Waals surface area contributed by atoms with Gasteiger partial charge in [-0.3, -0.25) is 0 Å². The zero-order valence-corrected chi connectivity index (χ0v) is 11.8. The summed E-state index contributed by atoms with van der Waals surface area (Å²) in [6, 6.07) is 3.68. The van der Waals surface area contributed by atoms with Gasteiger partial charge in [0.25, 0.3) is 0 Å². The number of hydrogen-bond donors (Lipinski definition) is 0. The van der Waals surface area contributed by atoms with Crippen molar-refractivity contribution in [2.24, 2.45) is 5.92 Å². The first-order valence-corrected chi connectivity index (χ1v) is 6.11. The van der Waals surface area contributed by atoms with E-state index in [0.717, 1.165) is 3.77 Å². The summed E-state index contributed by atoms with van der Waals surface area (Å²) in [6.45, 7) is 9.15. The van der Waals surface area contributed by atoms with E-state index >= 15 is 0 Å². The molecule has 0 N–H and O–H groups in total. The first-order chi connectivity index (χ1) is 7.41. The average molecular weight is 334 g/mol. The lowest BCUT2D eigenvalue weighted by atomic mass is 10.1. The van der Waals surface area contributed by atoms with Gasteiger partial charge in [-0.1, -0.05) is 20.4 Å². The fourth-order valence-corrected chi connectivity index (χ4v) is 1.65. The minimum Gasteiger partial charge on any atom is -0.451 e. The summed E-state index contributed by atoms with van der Waals surface area (Å²) in [6.07, 6.45) is -0.354. The molecule has 1 rings (SSSR count). The molecule has 0 aliphatic heterocycles. The van der Waals surface area contributed by atoms with Crippen LogP contribution in [0.5, 0.6) is 0 Å². The van der Waals surface area contributed by atoms with Crippen molar-refractivity contribution in [2.75, 3.05) is 0 Å². The molecule has 3 nitrogen and oxygen atoms in total. The number of carbonyl (C=O) groups excluding carboxylic acids is 1. The van der Waals surface area contributed by atoms with E-state index in [1.165, 1.54) is 0 Å². The van der Waals surface area contributed by atoms with E-state index in [1.807, 2.05) is 26.0 Å². The van der Waals surface area contributed by atoms with Crippen molar-refractivity contribution in [1.82, 2.24) is 0 Å². The molecule has 0 bridgehead atoms. The van der Waals surface area contributed by atoms with Gasteiger partial charge in [0.05, 0.1) is 0 Å². The number of furan rings is 1. The summed E-state index contributed by atoms with van der Waals surface area (Å²) in [5.41, 5.74) is 0.395. The van der Waals surface area contributed by atoms with Crippen LogP contribution in [-0.4, -0.2) is 5.97 Å². The van der Waals surface area contributed by atoms with E-state index in [2.05, 4.69) is 29.2 Å². The van der Waals surface area contributed by atoms with Crippen LogP contribution >= 0.6 is 22.6 Å². The van der Waals surface area contributed by atoms with Crippen LogP contribution in [0.25, 0.3) is 0 Å². The van der Waals surface area contributed by atoms with Gasteiger partial charge in [0, 0.05) is 5.57 Å². The highest BCUT2D eigenvalue weighted by atomic mass is 127. The topological polar surface area (TPSA) is 39.4 Å². The second kappa shape index (κ2) is 5.52. The average Bonchev–Trinajstić information content (AvgIpc) is 2.59. The molecule has 0 saturated heterocycles. The van der Waals surface area contributed by atoms with Gasteiger partial charge in [0.15, 0.2) is 9.87 Å². The van der Waals surface area contributed by atoms with Crippen molar-refractivity contribution in [3.63, 3.8) is 0 Å². The molecule has 1 aromatic heterocycles. The minimum atomic E-state index is -0.384. The van der Waals surface area contributed by atoms with Gasteiger partial charge < -0.3 is 9.15 Å². The largest absolute Gasteiger partial charge is 0.451 e. The molecule has 4 heteroatoms. The summed E-state index contributed by atoms with van der Waals surface area (Å²) in [5, 5.41) is 0. The van der Waals surface area contributed by atoms with Crippen molar-refractivity contribution in [2.45, 2.75) is 26.9 Å². The molecule has 0 aromatic carbocycles. The third-order valence-electron chi connectivity index (χ3n) is 2.06. The third kappa shape index (κ3) is 3.37. The Labute approximate surface area is 109 Å². The van der Waals surface area contributed by atoms with Gasteiger partial charge in [0.2, 0.25) is 0 Å². The zero-order chi connectivity index (χ0) is 12.3. The van der Waals surface area contributed by atoms with Crippen LogP contribution in [0.15, 0.2) is 28.7 Å². The van der Waals surface area contributed by atoms with Crippen LogP contribution in [0.2, 0.25) is 0 Å². The van der Waals surface area contributed by atoms with Gasteiger partial charge in [0.1, 0.15) is 5.76 Å². The van der Waals surface area contributed by atoms with Crippen molar-refractivity contribution in [3.8, 4) is 0 Å². The first-order valence-electron chi connectivity index (χ1n) is 5.03. The molecule has 0 aliphatic rings. The number of rotatable bonds is 4. The maximum absolute atomic E-state index is 11.5. The fraction of sp³-hybridized carbons (Fsp3) is 0.417. The molecule has 88 valence electrons. The molecule has 1 aromatic rings. The van der Waals surface area contributed by atoms with Crippen LogP contribution in [0, 0.1) is 9.68 Å². The molecule has 0 amide bonds. The van der Waals surface area contributed by atoms with Gasteiger partial charge in [-0.25, -0.2) is 4.79 Å². The maximum atomic E-state index is 11.5. The highest BCUT2D eigenvalue weighted by Crippen LogP contribution is 2.28. The second-order valence-electron chi connectivity index (χ2n) is 3.99. The lowest BCUT2D eigenvalue weighted by Crippen LogP contribution is -2.16. The van der Waals surface area contributed by atoms with Crippen molar-refractivity contribution in [3.05, 3.63) is 33.8 Å². The molecule has 16 heavy (non-hydrogen) atoms. The molecule has 0 aliphatic carbocycles. The van der Waals surface area contributed by atoms with Gasteiger partial charge >= 0.3 is 5.97 Å². The van der Waals surface area contributed by atoms with Gasteiger partial charge in [-0.05, 0) is 47.6 Å². The number of halogens is 1. The highest BCUT2D eigenvalue weighted by Gasteiger charge is 2.23. The predicted molar refractivity (Wildman–Crippen MR) is 69.9 cm³/mol. The first kappa shape index (κ1) is 13.3. The monoisotopic (exact) mass is 334 g/mol. The minimum absolute atomic E-state index is 0.158. The zero-order valence-electron chi connectivity index (χ0n) is 9.62. The van der Waals surface area contributed by atoms with Crippen molar-refractivity contribution in [1.29, 1.82) is 0 Å². The lowest BCUT2D eigenvalue weighted by Gasteiger charge is -2.19. The Hall–Kier alpha value is -0.780. The predicted octanol–water partition coefficient (Wildman–Crippen LogP) is 3.70. The normalized spacial score (nSPS) is 12.6. The number of esters is 1. The van der Waals surface area contributed by atoms with Gasteiger partial charge in [-0.15, -0.1) is 0 Å². The van der Waals surface area contributed by atoms with Crippen molar-refractivity contribution < 1.29 is 13.9 Å². The van der Waals surface area contributed by atoms with Crippen LogP contribution in [0.1, 0.15) is 32.6 Å². The van der Waals surface area contributed by atoms with Crippen LogP contribution in [-0.2, 0) is 9.53 Å². The quantitative estimate of drug-likeness (QED) is 0.479.